The number of morpholine rings is 1. The molecule has 2 fully saturated rings. The third kappa shape index (κ3) is 3.71. The fraction of sp³-hybridized carbons (Fsp3) is 0.650. The van der Waals surface area contributed by atoms with Gasteiger partial charge in [0.1, 0.15) is 6.04 Å². The van der Waals surface area contributed by atoms with Crippen molar-refractivity contribution in [1.82, 2.24) is 19.7 Å². The minimum Gasteiger partial charge on any atom is -0.379 e. The molecular weight excluding hydrogens is 360 g/mol. The summed E-state index contributed by atoms with van der Waals surface area (Å²) in [5, 5.41) is 3.03. The highest BCUT2D eigenvalue weighted by Crippen LogP contribution is 2.41. The van der Waals surface area contributed by atoms with Gasteiger partial charge in [0.2, 0.25) is 11.8 Å². The summed E-state index contributed by atoms with van der Waals surface area (Å²) in [5.41, 5.74) is 0.722. The molecule has 1 aromatic rings. The summed E-state index contributed by atoms with van der Waals surface area (Å²) < 4.78 is 7.02. The van der Waals surface area contributed by atoms with E-state index in [1.807, 2.05) is 11.0 Å². The first-order valence-corrected chi connectivity index (χ1v) is 10.1. The molecule has 28 heavy (non-hydrogen) atoms. The van der Waals surface area contributed by atoms with Gasteiger partial charge in [-0.3, -0.25) is 23.9 Å². The monoisotopic (exact) mass is 388 g/mol. The largest absolute Gasteiger partial charge is 0.379 e. The molecule has 0 spiro atoms. The van der Waals surface area contributed by atoms with Crippen molar-refractivity contribution in [3.63, 3.8) is 0 Å². The van der Waals surface area contributed by atoms with Gasteiger partial charge in [-0.05, 0) is 12.5 Å². The molecule has 2 bridgehead atoms. The third-order valence-corrected chi connectivity index (χ3v) is 6.19. The molecule has 0 saturated carbocycles. The van der Waals surface area contributed by atoms with Crippen LogP contribution in [-0.2, 0) is 14.3 Å². The number of likely N-dealkylation sites (tertiary alicyclic amines) is 1. The molecule has 1 aromatic heterocycles. The Morgan fingerprint density at radius 2 is 2.00 bits per heavy atom. The van der Waals surface area contributed by atoms with Gasteiger partial charge in [-0.2, -0.15) is 0 Å². The summed E-state index contributed by atoms with van der Waals surface area (Å²) in [5.74, 6) is -0.0443. The number of carbonyl (C=O) groups excluding carboxylic acids is 2. The number of ether oxygens (including phenoxy) is 1. The van der Waals surface area contributed by atoms with E-state index in [1.54, 1.807) is 17.6 Å². The van der Waals surface area contributed by atoms with E-state index in [9.17, 15) is 14.4 Å². The van der Waals surface area contributed by atoms with Crippen LogP contribution in [0.5, 0.6) is 0 Å². The average Bonchev–Trinajstić information content (AvgIpc) is 2.69. The predicted octanol–water partition coefficient (Wildman–Crippen LogP) is -0.197. The van der Waals surface area contributed by atoms with E-state index >= 15 is 0 Å². The van der Waals surface area contributed by atoms with Gasteiger partial charge in [0.15, 0.2) is 0 Å². The van der Waals surface area contributed by atoms with E-state index in [2.05, 4.69) is 10.2 Å². The molecular formula is C20H28N4O4. The first kappa shape index (κ1) is 19.1. The Bertz CT molecular complexity index is 802. The van der Waals surface area contributed by atoms with Crippen LogP contribution >= 0.6 is 0 Å². The Kier molecular flexibility index (Phi) is 5.50. The molecule has 3 aliphatic heterocycles. The lowest BCUT2D eigenvalue weighted by Gasteiger charge is -2.46. The van der Waals surface area contributed by atoms with Gasteiger partial charge in [0.25, 0.3) is 5.56 Å². The maximum Gasteiger partial charge on any atom is 0.251 e. The zero-order valence-electron chi connectivity index (χ0n) is 16.3. The fourth-order valence-electron chi connectivity index (χ4n) is 4.79. The van der Waals surface area contributed by atoms with Gasteiger partial charge < -0.3 is 15.0 Å². The van der Waals surface area contributed by atoms with Crippen LogP contribution in [0.2, 0.25) is 0 Å². The molecule has 8 heteroatoms. The number of aromatic nitrogens is 1. The second-order valence-corrected chi connectivity index (χ2v) is 7.97. The van der Waals surface area contributed by atoms with Crippen LogP contribution < -0.4 is 10.9 Å². The minimum absolute atomic E-state index is 0.0212. The third-order valence-electron chi connectivity index (χ3n) is 6.19. The topological polar surface area (TPSA) is 83.9 Å². The summed E-state index contributed by atoms with van der Waals surface area (Å²) >= 11 is 0. The van der Waals surface area contributed by atoms with Crippen molar-refractivity contribution < 1.29 is 14.3 Å². The van der Waals surface area contributed by atoms with Crippen LogP contribution in [0.1, 0.15) is 31.0 Å². The van der Waals surface area contributed by atoms with Gasteiger partial charge in [-0.1, -0.05) is 6.07 Å². The highest BCUT2D eigenvalue weighted by molar-refractivity contribution is 5.81. The first-order valence-electron chi connectivity index (χ1n) is 10.1. The standard InChI is InChI=1S/C20H28N4O4/c1-14(25)23-12-15-11-16(13-23)19(24-17(15)3-2-4-18(24)26)20(27)21-5-6-22-7-9-28-10-8-22/h2-4,15-16,19H,5-13H2,1H3,(H,21,27)/t15-,16+,19-/m1/s1. The SMILES string of the molecule is CC(=O)N1C[C@H]2C[C@@H](C1)[C@H](C(=O)NCCN1CCOCC1)n1c2cccc1=O. The van der Waals surface area contributed by atoms with Crippen LogP contribution in [0.3, 0.4) is 0 Å². The van der Waals surface area contributed by atoms with Crippen molar-refractivity contribution in [1.29, 1.82) is 0 Å². The minimum atomic E-state index is -0.563. The lowest BCUT2D eigenvalue weighted by Crippen LogP contribution is -2.54. The first-order chi connectivity index (χ1) is 13.5. The Labute approximate surface area is 164 Å². The molecule has 8 nitrogen and oxygen atoms in total. The number of carbonyl (C=O) groups is 2. The molecule has 0 radical (unpaired) electrons. The molecule has 2 amide bonds. The normalized spacial score (nSPS) is 27.2. The summed E-state index contributed by atoms with van der Waals surface area (Å²) in [6.07, 6.45) is 0.828. The number of nitrogens with one attached hydrogen (secondary N) is 1. The highest BCUT2D eigenvalue weighted by Gasteiger charge is 2.44. The Hall–Kier alpha value is -2.19. The molecule has 2 saturated heterocycles. The maximum atomic E-state index is 13.1. The summed E-state index contributed by atoms with van der Waals surface area (Å²) in [4.78, 5) is 41.8. The van der Waals surface area contributed by atoms with Crippen LogP contribution in [0.4, 0.5) is 0 Å². The molecule has 4 heterocycles. The summed E-state index contributed by atoms with van der Waals surface area (Å²) in [6, 6.07) is 4.61. The van der Waals surface area contributed by atoms with Gasteiger partial charge in [0, 0.05) is 69.8 Å². The quantitative estimate of drug-likeness (QED) is 0.773. The van der Waals surface area contributed by atoms with Crippen molar-refractivity contribution in [2.75, 3.05) is 52.5 Å². The van der Waals surface area contributed by atoms with Gasteiger partial charge in [-0.15, -0.1) is 0 Å². The molecule has 4 rings (SSSR count). The Morgan fingerprint density at radius 1 is 1.21 bits per heavy atom. The lowest BCUT2D eigenvalue weighted by molar-refractivity contribution is -0.135. The van der Waals surface area contributed by atoms with Crippen LogP contribution in [0.15, 0.2) is 23.0 Å². The van der Waals surface area contributed by atoms with Crippen molar-refractivity contribution in [2.24, 2.45) is 5.92 Å². The number of fused-ring (bicyclic) bond motifs is 4. The van der Waals surface area contributed by atoms with Crippen LogP contribution in [0.25, 0.3) is 0 Å². The highest BCUT2D eigenvalue weighted by atomic mass is 16.5. The van der Waals surface area contributed by atoms with E-state index < -0.39 is 6.04 Å². The summed E-state index contributed by atoms with van der Waals surface area (Å²) in [6.45, 7) is 7.21. The lowest BCUT2D eigenvalue weighted by atomic mass is 9.78. The van der Waals surface area contributed by atoms with Crippen molar-refractivity contribution >= 4 is 11.8 Å². The number of hydrogen-bond donors (Lipinski definition) is 1. The van der Waals surface area contributed by atoms with E-state index in [0.717, 1.165) is 45.0 Å². The van der Waals surface area contributed by atoms with E-state index in [0.29, 0.717) is 19.6 Å². The second-order valence-electron chi connectivity index (χ2n) is 7.97. The van der Waals surface area contributed by atoms with Crippen LogP contribution in [0, 0.1) is 5.92 Å². The molecule has 0 aromatic carbocycles. The zero-order valence-corrected chi connectivity index (χ0v) is 16.3. The molecule has 3 atom stereocenters. The van der Waals surface area contributed by atoms with Crippen molar-refractivity contribution in [2.45, 2.75) is 25.3 Å². The van der Waals surface area contributed by atoms with Gasteiger partial charge >= 0.3 is 0 Å². The Balaban J connectivity index is 1.52. The van der Waals surface area contributed by atoms with Gasteiger partial charge in [0.05, 0.1) is 13.2 Å². The zero-order chi connectivity index (χ0) is 19.7. The number of piperidine rings is 1. The van der Waals surface area contributed by atoms with Crippen LogP contribution in [-0.4, -0.2) is 78.7 Å². The molecule has 152 valence electrons. The number of pyridine rings is 1. The Morgan fingerprint density at radius 3 is 2.75 bits per heavy atom. The summed E-state index contributed by atoms with van der Waals surface area (Å²) in [7, 11) is 0. The number of rotatable bonds is 4. The molecule has 1 N–H and O–H groups in total. The van der Waals surface area contributed by atoms with Crippen molar-refractivity contribution in [3.05, 3.63) is 34.2 Å². The van der Waals surface area contributed by atoms with E-state index in [1.165, 1.54) is 6.07 Å². The van der Waals surface area contributed by atoms with Gasteiger partial charge in [-0.25, -0.2) is 0 Å². The van der Waals surface area contributed by atoms with Crippen molar-refractivity contribution in [3.8, 4) is 0 Å². The molecule has 3 aliphatic rings. The smallest absolute Gasteiger partial charge is 0.251 e. The second kappa shape index (κ2) is 8.05. The fourth-order valence-corrected chi connectivity index (χ4v) is 4.79. The van der Waals surface area contributed by atoms with E-state index in [-0.39, 0.29) is 29.2 Å². The average molecular weight is 388 g/mol. The molecule has 0 aliphatic carbocycles. The van der Waals surface area contributed by atoms with E-state index in [4.69, 9.17) is 4.74 Å². The number of nitrogens with zero attached hydrogens (tertiary/aromatic N) is 3. The molecule has 0 unspecified atom stereocenters. The number of amides is 2. The predicted molar refractivity (Wildman–Crippen MR) is 103 cm³/mol. The maximum absolute atomic E-state index is 13.1. The number of hydrogen-bond acceptors (Lipinski definition) is 5.